The molecule has 0 heterocycles. The Morgan fingerprint density at radius 1 is 0.273 bits per heavy atom. The third-order valence-corrected chi connectivity index (χ3v) is 17.1. The van der Waals surface area contributed by atoms with Gasteiger partial charge in [0, 0.05) is 12.8 Å². The van der Waals surface area contributed by atoms with Crippen LogP contribution in [0.15, 0.2) is 109 Å². The number of carbonyl (C=O) groups is 2. The van der Waals surface area contributed by atoms with Crippen molar-refractivity contribution >= 4 is 11.9 Å². The van der Waals surface area contributed by atoms with E-state index in [2.05, 4.69) is 123 Å². The average molecular weight is 1220 g/mol. The molecule has 5 nitrogen and oxygen atoms in total. The van der Waals surface area contributed by atoms with E-state index in [-0.39, 0.29) is 25.2 Å². The number of allylic oxidation sites excluding steroid dienone is 18. The first kappa shape index (κ1) is 84.6. The quantitative estimate of drug-likeness (QED) is 0.0373. The third kappa shape index (κ3) is 75.0. The fraction of sp³-hybridized carbons (Fsp3) is 0.759. The molecule has 0 aromatic carbocycles. The molecular formula is C83H146O5. The monoisotopic (exact) mass is 1220 g/mol. The van der Waals surface area contributed by atoms with Crippen LogP contribution in [0.3, 0.4) is 0 Å². The van der Waals surface area contributed by atoms with Gasteiger partial charge in [0.2, 0.25) is 0 Å². The van der Waals surface area contributed by atoms with Gasteiger partial charge in [0.25, 0.3) is 0 Å². The van der Waals surface area contributed by atoms with Gasteiger partial charge in [0.05, 0.1) is 6.61 Å². The highest BCUT2D eigenvalue weighted by atomic mass is 16.6. The molecule has 0 fully saturated rings. The van der Waals surface area contributed by atoms with Crippen LogP contribution in [0.1, 0.15) is 386 Å². The summed E-state index contributed by atoms with van der Waals surface area (Å²) in [5, 5.41) is 9.72. The van der Waals surface area contributed by atoms with Gasteiger partial charge in [-0.3, -0.25) is 9.59 Å². The molecule has 0 radical (unpaired) electrons. The zero-order valence-corrected chi connectivity index (χ0v) is 58.5. The van der Waals surface area contributed by atoms with Crippen molar-refractivity contribution in [1.29, 1.82) is 0 Å². The first-order valence-electron chi connectivity index (χ1n) is 38.4. The van der Waals surface area contributed by atoms with E-state index < -0.39 is 6.10 Å². The first-order chi connectivity index (χ1) is 43.6. The van der Waals surface area contributed by atoms with Gasteiger partial charge in [-0.2, -0.15) is 0 Å². The Balaban J connectivity index is 3.43. The normalized spacial score (nSPS) is 12.8. The smallest absolute Gasteiger partial charge is 0.306 e. The van der Waals surface area contributed by atoms with Crippen LogP contribution in [0.4, 0.5) is 0 Å². The van der Waals surface area contributed by atoms with E-state index in [9.17, 15) is 14.7 Å². The Kier molecular flexibility index (Phi) is 74.8. The molecule has 0 saturated heterocycles. The van der Waals surface area contributed by atoms with Crippen LogP contribution in [0.5, 0.6) is 0 Å². The summed E-state index contributed by atoms with van der Waals surface area (Å²) >= 11 is 0. The number of esters is 2. The van der Waals surface area contributed by atoms with Crippen molar-refractivity contribution in [3.05, 3.63) is 109 Å². The van der Waals surface area contributed by atoms with E-state index in [1.54, 1.807) is 0 Å². The Hall–Kier alpha value is -3.44. The fourth-order valence-electron chi connectivity index (χ4n) is 11.3. The molecule has 0 aliphatic heterocycles. The number of unbranched alkanes of at least 4 members (excludes halogenated alkanes) is 45. The SMILES string of the molecule is CC/C=C\C/C=C\C/C=C\C/C=C\C/C=C\C/C=C\C/C=C\CCCCCCCCCCCCCCCCCC(=O)OC(CO)COC(=O)CCCCCCCCCCCCCCCCCCCCCCCCCCC/C=C\C/C=C\CCCCCCC. The maximum absolute atomic E-state index is 12.4. The topological polar surface area (TPSA) is 72.8 Å². The standard InChI is InChI=1S/C83H146O5/c1-3-5-7-9-11-13-15-17-19-21-23-25-27-29-31-33-35-37-39-41-43-45-47-49-51-53-55-57-59-61-63-65-67-69-71-73-75-77-82(85)87-80-81(79-84)88-83(86)78-76-74-72-70-68-66-64-62-60-58-56-54-52-50-48-46-44-42-40-38-36-34-32-30-28-26-24-22-20-18-16-14-12-10-8-6-4-2/h6,8,12,14-15,17-18,20-21,23-24,26,30,32,36,38,42,44,81,84H,3-5,7,9-11,13,16,19,22,25,27-29,31,33-35,37,39-41,43,45-80H2,1-2H3/b8-6-,14-12-,17-15-,20-18-,23-21-,26-24-,32-30-,38-36-,44-42-. The largest absolute Gasteiger partial charge is 0.462 e. The summed E-state index contributed by atoms with van der Waals surface area (Å²) in [6.07, 6.45) is 113. The number of aliphatic hydroxyl groups excluding tert-OH is 1. The summed E-state index contributed by atoms with van der Waals surface area (Å²) in [6, 6.07) is 0. The molecule has 508 valence electrons. The van der Waals surface area contributed by atoms with Gasteiger partial charge < -0.3 is 14.6 Å². The molecule has 0 rings (SSSR count). The second kappa shape index (κ2) is 77.8. The third-order valence-electron chi connectivity index (χ3n) is 17.1. The van der Waals surface area contributed by atoms with Gasteiger partial charge in [-0.15, -0.1) is 0 Å². The van der Waals surface area contributed by atoms with Gasteiger partial charge in [-0.25, -0.2) is 0 Å². The molecule has 0 aromatic rings. The maximum atomic E-state index is 12.4. The second-order valence-corrected chi connectivity index (χ2v) is 25.7. The number of hydrogen-bond acceptors (Lipinski definition) is 5. The van der Waals surface area contributed by atoms with Crippen LogP contribution in [0.25, 0.3) is 0 Å². The van der Waals surface area contributed by atoms with Gasteiger partial charge in [-0.1, -0.05) is 380 Å². The Morgan fingerprint density at radius 2 is 0.489 bits per heavy atom. The summed E-state index contributed by atoms with van der Waals surface area (Å²) in [6.45, 7) is 4.06. The minimum atomic E-state index is -0.777. The molecule has 1 atom stereocenters. The number of hydrogen-bond donors (Lipinski definition) is 1. The van der Waals surface area contributed by atoms with E-state index in [1.807, 2.05) is 0 Å². The lowest BCUT2D eigenvalue weighted by atomic mass is 10.0. The summed E-state index contributed by atoms with van der Waals surface area (Å²) < 4.78 is 10.8. The minimum absolute atomic E-state index is 0.0648. The van der Waals surface area contributed by atoms with E-state index in [0.717, 1.165) is 89.9 Å². The first-order valence-corrected chi connectivity index (χ1v) is 38.4. The Bertz CT molecular complexity index is 1670. The molecule has 88 heavy (non-hydrogen) atoms. The predicted molar refractivity (Wildman–Crippen MR) is 389 cm³/mol. The van der Waals surface area contributed by atoms with Crippen LogP contribution >= 0.6 is 0 Å². The van der Waals surface area contributed by atoms with Crippen LogP contribution < -0.4 is 0 Å². The van der Waals surface area contributed by atoms with Crippen LogP contribution in [-0.2, 0) is 19.1 Å². The van der Waals surface area contributed by atoms with E-state index >= 15 is 0 Å². The highest BCUT2D eigenvalue weighted by molar-refractivity contribution is 5.70. The molecule has 1 unspecified atom stereocenters. The summed E-state index contributed by atoms with van der Waals surface area (Å²) in [4.78, 5) is 24.7. The van der Waals surface area contributed by atoms with Crippen LogP contribution in [0.2, 0.25) is 0 Å². The summed E-state index contributed by atoms with van der Waals surface area (Å²) in [5.74, 6) is -0.575. The van der Waals surface area contributed by atoms with E-state index in [4.69, 9.17) is 9.47 Å². The highest BCUT2D eigenvalue weighted by Crippen LogP contribution is 2.19. The Morgan fingerprint density at radius 3 is 0.739 bits per heavy atom. The molecule has 1 N–H and O–H groups in total. The summed E-state index contributed by atoms with van der Waals surface area (Å²) in [7, 11) is 0. The molecule has 0 bridgehead atoms. The highest BCUT2D eigenvalue weighted by Gasteiger charge is 2.16. The molecule has 0 aliphatic rings. The molecule has 0 aromatic heterocycles. The lowest BCUT2D eigenvalue weighted by molar-refractivity contribution is -0.161. The molecule has 5 heteroatoms. The van der Waals surface area contributed by atoms with Gasteiger partial charge in [0.15, 0.2) is 6.10 Å². The second-order valence-electron chi connectivity index (χ2n) is 25.7. The lowest BCUT2D eigenvalue weighted by Gasteiger charge is -2.15. The van der Waals surface area contributed by atoms with Crippen LogP contribution in [0, 0.1) is 0 Å². The average Bonchev–Trinajstić information content (AvgIpc) is 3.55. The van der Waals surface area contributed by atoms with Crippen molar-refractivity contribution in [2.24, 2.45) is 0 Å². The zero-order chi connectivity index (χ0) is 63.3. The number of carbonyl (C=O) groups excluding carboxylic acids is 2. The minimum Gasteiger partial charge on any atom is -0.462 e. The van der Waals surface area contributed by atoms with Crippen molar-refractivity contribution in [3.63, 3.8) is 0 Å². The van der Waals surface area contributed by atoms with E-state index in [1.165, 1.54) is 270 Å². The van der Waals surface area contributed by atoms with Crippen molar-refractivity contribution < 1.29 is 24.2 Å². The number of ether oxygens (including phenoxy) is 2. The lowest BCUT2D eigenvalue weighted by Crippen LogP contribution is -2.28. The van der Waals surface area contributed by atoms with Crippen molar-refractivity contribution in [3.8, 4) is 0 Å². The van der Waals surface area contributed by atoms with Crippen molar-refractivity contribution in [1.82, 2.24) is 0 Å². The zero-order valence-electron chi connectivity index (χ0n) is 58.5. The predicted octanol–water partition coefficient (Wildman–Crippen LogP) is 27.1. The molecule has 0 saturated carbocycles. The maximum Gasteiger partial charge on any atom is 0.306 e. The van der Waals surface area contributed by atoms with E-state index in [0.29, 0.717) is 12.8 Å². The van der Waals surface area contributed by atoms with Gasteiger partial charge in [0.1, 0.15) is 6.61 Å². The molecule has 0 amide bonds. The number of rotatable bonds is 71. The summed E-state index contributed by atoms with van der Waals surface area (Å²) in [5.41, 5.74) is 0. The Labute approximate surface area is 548 Å². The molecule has 0 aliphatic carbocycles. The fourth-order valence-corrected chi connectivity index (χ4v) is 11.3. The number of aliphatic hydroxyl groups is 1. The molecule has 0 spiro atoms. The van der Waals surface area contributed by atoms with Crippen LogP contribution in [-0.4, -0.2) is 36.4 Å². The van der Waals surface area contributed by atoms with Gasteiger partial charge >= 0.3 is 11.9 Å². The van der Waals surface area contributed by atoms with Crippen molar-refractivity contribution in [2.45, 2.75) is 392 Å². The van der Waals surface area contributed by atoms with Crippen molar-refractivity contribution in [2.75, 3.05) is 13.2 Å². The van der Waals surface area contributed by atoms with Gasteiger partial charge in [-0.05, 0) is 103 Å². The molecular weight excluding hydrogens is 1080 g/mol.